The van der Waals surface area contributed by atoms with E-state index in [-0.39, 0.29) is 17.7 Å². The number of benzene rings is 1. The summed E-state index contributed by atoms with van der Waals surface area (Å²) in [5.74, 6) is 0.615. The number of nitrogens with two attached hydrogens (primary N) is 1. The first kappa shape index (κ1) is 19.4. The fourth-order valence-electron chi connectivity index (χ4n) is 4.73. The van der Waals surface area contributed by atoms with Crippen LogP contribution in [0.15, 0.2) is 35.5 Å². The van der Waals surface area contributed by atoms with Gasteiger partial charge in [-0.2, -0.15) is 0 Å². The number of fused-ring (bicyclic) bond motifs is 1. The Hall–Kier alpha value is -2.58. The molecule has 3 N–H and O–H groups in total. The Morgan fingerprint density at radius 2 is 2.03 bits per heavy atom. The van der Waals surface area contributed by atoms with Crippen molar-refractivity contribution in [3.8, 4) is 0 Å². The number of aromatic nitrogens is 1. The molecule has 0 atom stereocenters. The van der Waals surface area contributed by atoms with E-state index < -0.39 is 0 Å². The zero-order chi connectivity index (χ0) is 20.6. The predicted octanol–water partition coefficient (Wildman–Crippen LogP) is 1.69. The molecule has 2 saturated heterocycles. The number of aryl methyl sites for hydroxylation is 1. The maximum Gasteiger partial charge on any atom is 0.254 e. The molecule has 160 valence electrons. The topological polar surface area (TPSA) is 94.1 Å². The fourth-order valence-corrected chi connectivity index (χ4v) is 4.73. The smallest absolute Gasteiger partial charge is 0.254 e. The van der Waals surface area contributed by atoms with Gasteiger partial charge in [-0.15, -0.1) is 0 Å². The second-order valence-corrected chi connectivity index (χ2v) is 8.46. The first-order chi connectivity index (χ1) is 14.6. The van der Waals surface area contributed by atoms with Crippen molar-refractivity contribution < 1.29 is 14.3 Å². The van der Waals surface area contributed by atoms with Gasteiger partial charge in [-0.25, -0.2) is 0 Å². The van der Waals surface area contributed by atoms with E-state index in [1.807, 2.05) is 23.1 Å². The van der Waals surface area contributed by atoms with E-state index in [9.17, 15) is 4.79 Å². The van der Waals surface area contributed by atoms with Crippen molar-refractivity contribution in [1.82, 2.24) is 14.8 Å². The summed E-state index contributed by atoms with van der Waals surface area (Å²) in [5.41, 5.74) is 7.57. The summed E-state index contributed by atoms with van der Waals surface area (Å²) in [6, 6.07) is 8.02. The largest absolute Gasteiger partial charge is 0.370 e. The van der Waals surface area contributed by atoms with Crippen LogP contribution in [-0.2, 0) is 16.0 Å². The van der Waals surface area contributed by atoms with Gasteiger partial charge in [-0.05, 0) is 37.5 Å². The highest BCUT2D eigenvalue weighted by atomic mass is 16.7. The lowest BCUT2D eigenvalue weighted by Gasteiger charge is -2.39. The lowest BCUT2D eigenvalue weighted by molar-refractivity contribution is -0.182. The number of ether oxygens (including phenoxy) is 2. The summed E-state index contributed by atoms with van der Waals surface area (Å²) >= 11 is 0. The molecule has 0 bridgehead atoms. The summed E-state index contributed by atoms with van der Waals surface area (Å²) < 4.78 is 13.5. The lowest BCUT2D eigenvalue weighted by atomic mass is 9.88. The van der Waals surface area contributed by atoms with Crippen molar-refractivity contribution in [1.29, 1.82) is 0 Å². The quantitative estimate of drug-likeness (QED) is 0.799. The van der Waals surface area contributed by atoms with Crippen LogP contribution in [0.3, 0.4) is 0 Å². The molecule has 1 spiro atoms. The van der Waals surface area contributed by atoms with E-state index in [1.165, 1.54) is 0 Å². The fraction of sp³-hybridized carbons (Fsp3) is 0.545. The van der Waals surface area contributed by atoms with Gasteiger partial charge in [0, 0.05) is 48.7 Å². The molecule has 0 unspecified atom stereocenters. The monoisotopic (exact) mass is 411 g/mol. The number of guanidine groups is 1. The van der Waals surface area contributed by atoms with Crippen LogP contribution in [0.1, 0.15) is 36.0 Å². The average Bonchev–Trinajstić information content (AvgIpc) is 3.36. The third-order valence-corrected chi connectivity index (χ3v) is 6.50. The number of carbonyl (C=O) groups excluding carboxylic acids is 1. The van der Waals surface area contributed by atoms with Gasteiger partial charge in [0.1, 0.15) is 0 Å². The maximum atomic E-state index is 13.3. The molecule has 4 heterocycles. The van der Waals surface area contributed by atoms with Crippen LogP contribution in [0, 0.1) is 0 Å². The Morgan fingerprint density at radius 3 is 2.77 bits per heavy atom. The minimum absolute atomic E-state index is 0.0700. The van der Waals surface area contributed by atoms with Gasteiger partial charge in [0.2, 0.25) is 0 Å². The number of carbonyl (C=O) groups is 1. The molecule has 3 aliphatic rings. The summed E-state index contributed by atoms with van der Waals surface area (Å²) in [7, 11) is 0. The molecule has 0 aliphatic carbocycles. The van der Waals surface area contributed by atoms with Crippen LogP contribution in [-0.4, -0.2) is 66.0 Å². The zero-order valence-electron chi connectivity index (χ0n) is 17.2. The van der Waals surface area contributed by atoms with E-state index in [1.54, 1.807) is 0 Å². The molecule has 2 fully saturated rings. The molecular formula is C22H29N5O3. The number of hydrogen-bond acceptors (Lipinski definition) is 6. The number of rotatable bonds is 4. The van der Waals surface area contributed by atoms with Crippen molar-refractivity contribution in [2.45, 2.75) is 44.1 Å². The van der Waals surface area contributed by atoms with E-state index in [4.69, 9.17) is 15.2 Å². The third-order valence-electron chi connectivity index (χ3n) is 6.50. The van der Waals surface area contributed by atoms with Gasteiger partial charge in [0.25, 0.3) is 5.91 Å². The van der Waals surface area contributed by atoms with Crippen LogP contribution in [0.2, 0.25) is 0 Å². The van der Waals surface area contributed by atoms with Crippen LogP contribution in [0.4, 0.5) is 0 Å². The number of amides is 1. The molecule has 1 aromatic heterocycles. The summed E-state index contributed by atoms with van der Waals surface area (Å²) in [5, 5.41) is 4.31. The molecule has 0 radical (unpaired) electrons. The van der Waals surface area contributed by atoms with Gasteiger partial charge in [-0.1, -0.05) is 6.07 Å². The van der Waals surface area contributed by atoms with Gasteiger partial charge in [0.05, 0.1) is 25.3 Å². The molecule has 3 aliphatic heterocycles. The molecule has 30 heavy (non-hydrogen) atoms. The normalized spacial score (nSPS) is 21.7. The second kappa shape index (κ2) is 7.92. The van der Waals surface area contributed by atoms with Crippen molar-refractivity contribution in [2.24, 2.45) is 10.7 Å². The first-order valence-corrected chi connectivity index (χ1v) is 10.8. The Morgan fingerprint density at radius 1 is 1.23 bits per heavy atom. The molecule has 8 heteroatoms. The van der Waals surface area contributed by atoms with E-state index in [2.05, 4.69) is 27.1 Å². The summed E-state index contributed by atoms with van der Waals surface area (Å²) in [6.45, 7) is 4.45. The second-order valence-electron chi connectivity index (χ2n) is 8.46. The number of piperidine rings is 1. The van der Waals surface area contributed by atoms with Crippen LogP contribution in [0.5, 0.6) is 0 Å². The lowest BCUT2D eigenvalue weighted by Crippen LogP contribution is -2.55. The molecule has 2 aromatic rings. The van der Waals surface area contributed by atoms with Crippen LogP contribution in [0.25, 0.3) is 10.9 Å². The molecule has 8 nitrogen and oxygen atoms in total. The molecule has 1 aromatic carbocycles. The van der Waals surface area contributed by atoms with Crippen molar-refractivity contribution in [3.05, 3.63) is 36.0 Å². The number of nitrogens with one attached hydrogen (secondary N) is 1. The number of likely N-dealkylation sites (tertiary alicyclic amines) is 1. The standard InChI is InChI=1S/C22H29N5O3/c23-21-24-15-22(25-21)7-11-27(12-8-22)20(28)17-3-1-4-18-16(17)5-9-26(18)10-6-19-29-13-2-14-30-19/h1,3-5,9,19H,2,6-8,10-15H2,(H3,23,24,25). The highest BCUT2D eigenvalue weighted by Crippen LogP contribution is 2.28. The Kier molecular flexibility index (Phi) is 5.12. The number of aliphatic imine (C=N–C) groups is 1. The van der Waals surface area contributed by atoms with Gasteiger partial charge >= 0.3 is 0 Å². The SMILES string of the molecule is NC1=NCC2(CCN(C(=O)c3cccc4c3ccn4CCC3OCCCO3)CC2)N1. The summed E-state index contributed by atoms with van der Waals surface area (Å²) in [6.07, 6.45) is 5.40. The van der Waals surface area contributed by atoms with Gasteiger partial charge in [-0.3, -0.25) is 9.79 Å². The minimum atomic E-state index is -0.135. The average molecular weight is 412 g/mol. The number of hydrogen-bond donors (Lipinski definition) is 2. The maximum absolute atomic E-state index is 13.3. The zero-order valence-corrected chi connectivity index (χ0v) is 17.2. The first-order valence-electron chi connectivity index (χ1n) is 10.8. The number of nitrogens with zero attached hydrogens (tertiary/aromatic N) is 3. The minimum Gasteiger partial charge on any atom is -0.370 e. The molecular weight excluding hydrogens is 382 g/mol. The van der Waals surface area contributed by atoms with E-state index in [0.29, 0.717) is 25.6 Å². The third kappa shape index (κ3) is 3.65. The van der Waals surface area contributed by atoms with Crippen molar-refractivity contribution >= 4 is 22.8 Å². The van der Waals surface area contributed by atoms with E-state index >= 15 is 0 Å². The van der Waals surface area contributed by atoms with Crippen molar-refractivity contribution in [2.75, 3.05) is 32.8 Å². The predicted molar refractivity (Wildman–Crippen MR) is 114 cm³/mol. The highest BCUT2D eigenvalue weighted by Gasteiger charge is 2.39. The van der Waals surface area contributed by atoms with Gasteiger partial charge in [0.15, 0.2) is 12.2 Å². The molecule has 1 amide bonds. The Balaban J connectivity index is 1.27. The van der Waals surface area contributed by atoms with E-state index in [0.717, 1.165) is 61.9 Å². The Bertz CT molecular complexity index is 955. The Labute approximate surface area is 176 Å². The highest BCUT2D eigenvalue weighted by molar-refractivity contribution is 6.06. The van der Waals surface area contributed by atoms with Crippen LogP contribution < -0.4 is 11.1 Å². The van der Waals surface area contributed by atoms with Gasteiger partial charge < -0.3 is 30.0 Å². The van der Waals surface area contributed by atoms with Crippen LogP contribution >= 0.6 is 0 Å². The molecule has 5 rings (SSSR count). The summed E-state index contributed by atoms with van der Waals surface area (Å²) in [4.78, 5) is 19.5. The van der Waals surface area contributed by atoms with Crippen molar-refractivity contribution in [3.63, 3.8) is 0 Å². The molecule has 0 saturated carbocycles.